The Morgan fingerprint density at radius 2 is 1.75 bits per heavy atom. The van der Waals surface area contributed by atoms with Gasteiger partial charge in [-0.3, -0.25) is 4.21 Å². The van der Waals surface area contributed by atoms with E-state index >= 15 is 0 Å². The van der Waals surface area contributed by atoms with E-state index in [-0.39, 0.29) is 17.3 Å². The highest BCUT2D eigenvalue weighted by atomic mass is 32.2. The number of amides is 2. The topological polar surface area (TPSA) is 52.7 Å². The number of hydrogen-bond acceptors (Lipinski definition) is 3. The van der Waals surface area contributed by atoms with Crippen LogP contribution in [0.3, 0.4) is 0 Å². The second kappa shape index (κ2) is 7.55. The van der Waals surface area contributed by atoms with Gasteiger partial charge in [0.2, 0.25) is 0 Å². The Bertz CT molecular complexity index is 599. The predicted molar refractivity (Wildman–Crippen MR) is 100 cm³/mol. The van der Waals surface area contributed by atoms with Gasteiger partial charge in [0.15, 0.2) is 0 Å². The average Bonchev–Trinajstić information content (AvgIpc) is 2.61. The van der Waals surface area contributed by atoms with E-state index < -0.39 is 10.8 Å². The van der Waals surface area contributed by atoms with E-state index in [0.29, 0.717) is 12.3 Å². The molecule has 0 bridgehead atoms. The zero-order valence-corrected chi connectivity index (χ0v) is 15.3. The SMILES string of the molecule is C[C@@H]1[C@H](C)[S@](=O)CCN1C(=O)Nc1ccc(N2CCCCC2)cc1. The van der Waals surface area contributed by atoms with Gasteiger partial charge in [-0.1, -0.05) is 0 Å². The highest BCUT2D eigenvalue weighted by Gasteiger charge is 2.32. The molecule has 0 unspecified atom stereocenters. The van der Waals surface area contributed by atoms with E-state index in [1.165, 1.54) is 24.9 Å². The Morgan fingerprint density at radius 1 is 1.08 bits per heavy atom. The monoisotopic (exact) mass is 349 g/mol. The molecule has 1 aromatic rings. The molecule has 5 nitrogen and oxygen atoms in total. The van der Waals surface area contributed by atoms with Gasteiger partial charge in [-0.15, -0.1) is 0 Å². The van der Waals surface area contributed by atoms with Crippen LogP contribution < -0.4 is 10.2 Å². The third-order valence-electron chi connectivity index (χ3n) is 5.22. The molecule has 2 heterocycles. The second-order valence-corrected chi connectivity index (χ2v) is 8.66. The molecular weight excluding hydrogens is 322 g/mol. The summed E-state index contributed by atoms with van der Waals surface area (Å²) in [6.45, 7) is 6.71. The lowest BCUT2D eigenvalue weighted by Gasteiger charge is -2.37. The van der Waals surface area contributed by atoms with Crippen molar-refractivity contribution in [1.29, 1.82) is 0 Å². The fraction of sp³-hybridized carbons (Fsp3) is 0.611. The summed E-state index contributed by atoms with van der Waals surface area (Å²) in [7, 11) is -0.832. The first-order valence-corrected chi connectivity index (χ1v) is 10.2. The molecule has 1 N–H and O–H groups in total. The number of nitrogens with one attached hydrogen (secondary N) is 1. The maximum atomic E-state index is 12.5. The maximum absolute atomic E-state index is 12.5. The van der Waals surface area contributed by atoms with Crippen molar-refractivity contribution in [2.75, 3.05) is 35.6 Å². The minimum absolute atomic E-state index is 0.00722. The number of carbonyl (C=O) groups is 1. The zero-order chi connectivity index (χ0) is 17.1. The van der Waals surface area contributed by atoms with Gasteiger partial charge in [-0.05, 0) is 57.4 Å². The number of piperidine rings is 1. The lowest BCUT2D eigenvalue weighted by Crippen LogP contribution is -2.53. The van der Waals surface area contributed by atoms with Gasteiger partial charge in [0.25, 0.3) is 0 Å². The van der Waals surface area contributed by atoms with E-state index in [1.807, 2.05) is 26.0 Å². The summed E-state index contributed by atoms with van der Waals surface area (Å²) in [4.78, 5) is 16.7. The molecule has 2 amide bonds. The number of hydrogen-bond donors (Lipinski definition) is 1. The molecule has 0 radical (unpaired) electrons. The fourth-order valence-corrected chi connectivity index (χ4v) is 4.78. The lowest BCUT2D eigenvalue weighted by molar-refractivity contribution is 0.193. The summed E-state index contributed by atoms with van der Waals surface area (Å²) in [5.41, 5.74) is 2.04. The van der Waals surface area contributed by atoms with E-state index in [4.69, 9.17) is 0 Å². The lowest BCUT2D eigenvalue weighted by atomic mass is 10.1. The smallest absolute Gasteiger partial charge is 0.322 e. The van der Waals surface area contributed by atoms with Gasteiger partial charge in [0.05, 0.1) is 5.25 Å². The van der Waals surface area contributed by atoms with E-state index in [0.717, 1.165) is 18.8 Å². The second-order valence-electron chi connectivity index (χ2n) is 6.75. The quantitative estimate of drug-likeness (QED) is 0.893. The number of anilines is 2. The largest absolute Gasteiger partial charge is 0.372 e. The van der Waals surface area contributed by atoms with Crippen molar-refractivity contribution in [2.24, 2.45) is 0 Å². The molecule has 3 atom stereocenters. The van der Waals surface area contributed by atoms with Gasteiger partial charge in [0, 0.05) is 53.6 Å². The first-order chi connectivity index (χ1) is 11.6. The van der Waals surface area contributed by atoms with Gasteiger partial charge in [0.1, 0.15) is 0 Å². The zero-order valence-electron chi connectivity index (χ0n) is 14.5. The third kappa shape index (κ3) is 3.74. The van der Waals surface area contributed by atoms with Crippen molar-refractivity contribution in [3.63, 3.8) is 0 Å². The summed E-state index contributed by atoms with van der Waals surface area (Å²) in [5, 5.41) is 3.00. The Balaban J connectivity index is 1.61. The van der Waals surface area contributed by atoms with Crippen LogP contribution in [-0.4, -0.2) is 51.8 Å². The van der Waals surface area contributed by atoms with Crippen LogP contribution >= 0.6 is 0 Å². The summed E-state index contributed by atoms with van der Waals surface area (Å²) in [5.74, 6) is 0.562. The number of benzene rings is 1. The van der Waals surface area contributed by atoms with Crippen molar-refractivity contribution in [3.8, 4) is 0 Å². The van der Waals surface area contributed by atoms with Crippen molar-refractivity contribution in [3.05, 3.63) is 24.3 Å². The molecule has 0 aromatic heterocycles. The molecule has 2 aliphatic heterocycles. The molecule has 2 aliphatic rings. The molecule has 0 saturated carbocycles. The molecule has 0 aliphatic carbocycles. The van der Waals surface area contributed by atoms with Crippen molar-refractivity contribution in [1.82, 2.24) is 4.90 Å². The standard InChI is InChI=1S/C18H27N3O2S/c1-14-15(2)24(23)13-12-21(14)18(22)19-16-6-8-17(9-7-16)20-10-4-3-5-11-20/h6-9,14-15H,3-5,10-13H2,1-2H3,(H,19,22)/t14-,15+,24-/m1/s1. The molecule has 24 heavy (non-hydrogen) atoms. The number of urea groups is 1. The van der Waals surface area contributed by atoms with Gasteiger partial charge >= 0.3 is 6.03 Å². The number of rotatable bonds is 2. The van der Waals surface area contributed by atoms with Gasteiger partial charge in [-0.25, -0.2) is 4.79 Å². The average molecular weight is 350 g/mol. The summed E-state index contributed by atoms with van der Waals surface area (Å²) in [6.07, 6.45) is 3.83. The van der Waals surface area contributed by atoms with Crippen LogP contribution in [0.5, 0.6) is 0 Å². The summed E-state index contributed by atoms with van der Waals surface area (Å²) in [6, 6.07) is 8.00. The number of nitrogens with zero attached hydrogens (tertiary/aromatic N) is 2. The molecule has 2 fully saturated rings. The summed E-state index contributed by atoms with van der Waals surface area (Å²) >= 11 is 0. The molecule has 0 spiro atoms. The Kier molecular flexibility index (Phi) is 5.43. The maximum Gasteiger partial charge on any atom is 0.322 e. The normalized spacial score (nSPS) is 27.8. The third-order valence-corrected chi connectivity index (χ3v) is 7.03. The molecule has 132 valence electrons. The minimum atomic E-state index is -0.832. The van der Waals surface area contributed by atoms with Gasteiger partial charge < -0.3 is 15.1 Å². The van der Waals surface area contributed by atoms with E-state index in [9.17, 15) is 9.00 Å². The van der Waals surface area contributed by atoms with Crippen molar-refractivity contribution >= 4 is 28.2 Å². The number of carbonyl (C=O) groups excluding carboxylic acids is 1. The molecule has 1 aromatic carbocycles. The van der Waals surface area contributed by atoms with Crippen molar-refractivity contribution < 1.29 is 9.00 Å². The van der Waals surface area contributed by atoms with Crippen LogP contribution in [0.1, 0.15) is 33.1 Å². The molecule has 3 rings (SSSR count). The predicted octanol–water partition coefficient (Wildman–Crippen LogP) is 3.05. The highest BCUT2D eigenvalue weighted by Crippen LogP contribution is 2.23. The van der Waals surface area contributed by atoms with Crippen LogP contribution in [0, 0.1) is 0 Å². The van der Waals surface area contributed by atoms with Crippen LogP contribution in [-0.2, 0) is 10.8 Å². The Morgan fingerprint density at radius 3 is 2.42 bits per heavy atom. The van der Waals surface area contributed by atoms with E-state index in [1.54, 1.807) is 4.90 Å². The Labute approximate surface area is 146 Å². The molecule has 2 saturated heterocycles. The van der Waals surface area contributed by atoms with Crippen LogP contribution in [0.15, 0.2) is 24.3 Å². The fourth-order valence-electron chi connectivity index (χ4n) is 3.44. The molecule has 6 heteroatoms. The Hall–Kier alpha value is -1.56. The first kappa shape index (κ1) is 17.3. The van der Waals surface area contributed by atoms with Crippen LogP contribution in [0.25, 0.3) is 0 Å². The molecular formula is C18H27N3O2S. The van der Waals surface area contributed by atoms with Crippen LogP contribution in [0.2, 0.25) is 0 Å². The minimum Gasteiger partial charge on any atom is -0.372 e. The first-order valence-electron chi connectivity index (χ1n) is 8.86. The van der Waals surface area contributed by atoms with Crippen molar-refractivity contribution in [2.45, 2.75) is 44.4 Å². The van der Waals surface area contributed by atoms with Gasteiger partial charge in [-0.2, -0.15) is 0 Å². The highest BCUT2D eigenvalue weighted by molar-refractivity contribution is 7.85. The van der Waals surface area contributed by atoms with Crippen LogP contribution in [0.4, 0.5) is 16.2 Å². The van der Waals surface area contributed by atoms with E-state index in [2.05, 4.69) is 22.3 Å². The summed E-state index contributed by atoms with van der Waals surface area (Å²) < 4.78 is 11.9.